The van der Waals surface area contributed by atoms with Crippen molar-refractivity contribution in [3.8, 4) is 11.4 Å². The lowest BCUT2D eigenvalue weighted by molar-refractivity contribution is 0.526. The second kappa shape index (κ2) is 4.97. The van der Waals surface area contributed by atoms with Crippen molar-refractivity contribution in [2.75, 3.05) is 5.32 Å². The van der Waals surface area contributed by atoms with Gasteiger partial charge in [0, 0.05) is 24.2 Å². The van der Waals surface area contributed by atoms with Gasteiger partial charge in [0.2, 0.25) is 0 Å². The standard InChI is InChI=1S/C13H15N5S/c14-13(19)15-10-6-4-9(5-7-10)12-17-16-11-3-1-2-8-18(11)12/h4-7H,1-3,8H2,(H3,14,15,19). The summed E-state index contributed by atoms with van der Waals surface area (Å²) in [5, 5.41) is 11.7. The summed E-state index contributed by atoms with van der Waals surface area (Å²) in [5.74, 6) is 2.03. The molecule has 1 aliphatic heterocycles. The molecule has 1 aliphatic rings. The predicted octanol–water partition coefficient (Wildman–Crippen LogP) is 1.94. The summed E-state index contributed by atoms with van der Waals surface area (Å²) in [6.07, 6.45) is 3.42. The highest BCUT2D eigenvalue weighted by Gasteiger charge is 2.16. The Kier molecular flexibility index (Phi) is 3.16. The van der Waals surface area contributed by atoms with E-state index in [1.54, 1.807) is 0 Å². The normalized spacial score (nSPS) is 13.9. The Bertz CT molecular complexity index is 602. The third-order valence-corrected chi connectivity index (χ3v) is 3.37. The first-order valence-electron chi connectivity index (χ1n) is 6.33. The Morgan fingerprint density at radius 3 is 2.74 bits per heavy atom. The van der Waals surface area contributed by atoms with Crippen LogP contribution in [0.25, 0.3) is 11.4 Å². The number of hydrogen-bond acceptors (Lipinski definition) is 3. The van der Waals surface area contributed by atoms with Gasteiger partial charge >= 0.3 is 0 Å². The minimum absolute atomic E-state index is 0.271. The number of hydrogen-bond donors (Lipinski definition) is 2. The summed E-state index contributed by atoms with van der Waals surface area (Å²) in [7, 11) is 0. The molecule has 6 heteroatoms. The molecular weight excluding hydrogens is 258 g/mol. The van der Waals surface area contributed by atoms with Crippen molar-refractivity contribution in [1.82, 2.24) is 14.8 Å². The van der Waals surface area contributed by atoms with Gasteiger partial charge in [0.05, 0.1) is 0 Å². The fourth-order valence-electron chi connectivity index (χ4n) is 2.37. The minimum atomic E-state index is 0.271. The van der Waals surface area contributed by atoms with Gasteiger partial charge < -0.3 is 15.6 Å². The molecule has 0 spiro atoms. The molecule has 0 aliphatic carbocycles. The Morgan fingerprint density at radius 2 is 2.00 bits per heavy atom. The smallest absolute Gasteiger partial charge is 0.168 e. The van der Waals surface area contributed by atoms with Crippen LogP contribution in [-0.2, 0) is 13.0 Å². The number of fused-ring (bicyclic) bond motifs is 1. The zero-order chi connectivity index (χ0) is 13.2. The predicted molar refractivity (Wildman–Crippen MR) is 78.8 cm³/mol. The Morgan fingerprint density at radius 1 is 1.21 bits per heavy atom. The van der Waals surface area contributed by atoms with Crippen LogP contribution in [0.15, 0.2) is 24.3 Å². The van der Waals surface area contributed by atoms with E-state index in [1.807, 2.05) is 24.3 Å². The van der Waals surface area contributed by atoms with E-state index in [0.717, 1.165) is 35.9 Å². The molecule has 98 valence electrons. The fraction of sp³-hybridized carbons (Fsp3) is 0.308. The molecular formula is C13H15N5S. The van der Waals surface area contributed by atoms with E-state index in [9.17, 15) is 0 Å². The van der Waals surface area contributed by atoms with Crippen LogP contribution in [0.2, 0.25) is 0 Å². The molecule has 0 amide bonds. The number of aryl methyl sites for hydroxylation is 1. The second-order valence-corrected chi connectivity index (χ2v) is 5.06. The first-order chi connectivity index (χ1) is 9.24. The van der Waals surface area contributed by atoms with Crippen LogP contribution in [0.1, 0.15) is 18.7 Å². The van der Waals surface area contributed by atoms with E-state index in [1.165, 1.54) is 12.8 Å². The first-order valence-corrected chi connectivity index (χ1v) is 6.74. The van der Waals surface area contributed by atoms with E-state index in [0.29, 0.717) is 0 Å². The van der Waals surface area contributed by atoms with Crippen LogP contribution in [-0.4, -0.2) is 19.9 Å². The largest absolute Gasteiger partial charge is 0.376 e. The van der Waals surface area contributed by atoms with Crippen LogP contribution in [0.4, 0.5) is 5.69 Å². The van der Waals surface area contributed by atoms with Crippen molar-refractivity contribution >= 4 is 23.0 Å². The fourth-order valence-corrected chi connectivity index (χ4v) is 2.48. The SMILES string of the molecule is NC(=S)Nc1ccc(-c2nnc3n2CCCC3)cc1. The van der Waals surface area contributed by atoms with Crippen LogP contribution < -0.4 is 11.1 Å². The molecule has 0 atom stereocenters. The number of nitrogens with one attached hydrogen (secondary N) is 1. The molecule has 3 N–H and O–H groups in total. The average molecular weight is 273 g/mol. The zero-order valence-electron chi connectivity index (χ0n) is 10.5. The van der Waals surface area contributed by atoms with E-state index in [-0.39, 0.29) is 5.11 Å². The van der Waals surface area contributed by atoms with E-state index >= 15 is 0 Å². The van der Waals surface area contributed by atoms with Crippen molar-refractivity contribution in [3.63, 3.8) is 0 Å². The summed E-state index contributed by atoms with van der Waals surface area (Å²) in [5.41, 5.74) is 7.39. The van der Waals surface area contributed by atoms with Crippen molar-refractivity contribution in [2.45, 2.75) is 25.8 Å². The molecule has 3 rings (SSSR count). The Balaban J connectivity index is 1.90. The number of anilines is 1. The maximum Gasteiger partial charge on any atom is 0.168 e. The third kappa shape index (κ3) is 2.44. The molecule has 0 unspecified atom stereocenters. The lowest BCUT2D eigenvalue weighted by Gasteiger charge is -2.14. The highest BCUT2D eigenvalue weighted by molar-refractivity contribution is 7.80. The van der Waals surface area contributed by atoms with Gasteiger partial charge in [-0.05, 0) is 49.3 Å². The molecule has 0 fully saturated rings. The molecule has 2 heterocycles. The third-order valence-electron chi connectivity index (χ3n) is 3.27. The number of rotatable bonds is 2. The topological polar surface area (TPSA) is 68.8 Å². The number of thiocarbonyl (C=S) groups is 1. The maximum atomic E-state index is 5.44. The van der Waals surface area contributed by atoms with Gasteiger partial charge in [-0.1, -0.05) is 0 Å². The van der Waals surface area contributed by atoms with Crippen LogP contribution in [0.5, 0.6) is 0 Å². The maximum absolute atomic E-state index is 5.44. The van der Waals surface area contributed by atoms with Gasteiger partial charge in [0.25, 0.3) is 0 Å². The number of aromatic nitrogens is 3. The molecule has 19 heavy (non-hydrogen) atoms. The first kappa shape index (κ1) is 12.1. The van der Waals surface area contributed by atoms with Gasteiger partial charge in [-0.25, -0.2) is 0 Å². The summed E-state index contributed by atoms with van der Waals surface area (Å²) in [6.45, 7) is 1.00. The lowest BCUT2D eigenvalue weighted by Crippen LogP contribution is -2.18. The van der Waals surface area contributed by atoms with Crippen LogP contribution in [0, 0.1) is 0 Å². The Labute approximate surface area is 116 Å². The van der Waals surface area contributed by atoms with Gasteiger partial charge in [-0.2, -0.15) is 0 Å². The Hall–Kier alpha value is -1.95. The molecule has 1 aromatic heterocycles. The van der Waals surface area contributed by atoms with Crippen molar-refractivity contribution in [3.05, 3.63) is 30.1 Å². The van der Waals surface area contributed by atoms with Gasteiger partial charge in [-0.3, -0.25) is 0 Å². The molecule has 0 bridgehead atoms. The van der Waals surface area contributed by atoms with E-state index in [2.05, 4.69) is 20.1 Å². The number of nitrogens with zero attached hydrogens (tertiary/aromatic N) is 3. The highest BCUT2D eigenvalue weighted by Crippen LogP contribution is 2.24. The van der Waals surface area contributed by atoms with Gasteiger partial charge in [0.1, 0.15) is 5.82 Å². The second-order valence-electron chi connectivity index (χ2n) is 4.62. The summed E-state index contributed by atoms with van der Waals surface area (Å²) < 4.78 is 2.21. The number of benzene rings is 1. The van der Waals surface area contributed by atoms with Gasteiger partial charge in [0.15, 0.2) is 10.9 Å². The molecule has 0 radical (unpaired) electrons. The zero-order valence-corrected chi connectivity index (χ0v) is 11.3. The monoisotopic (exact) mass is 273 g/mol. The van der Waals surface area contributed by atoms with E-state index in [4.69, 9.17) is 18.0 Å². The summed E-state index contributed by atoms with van der Waals surface area (Å²) in [6, 6.07) is 7.90. The highest BCUT2D eigenvalue weighted by atomic mass is 32.1. The summed E-state index contributed by atoms with van der Waals surface area (Å²) in [4.78, 5) is 0. The average Bonchev–Trinajstić information content (AvgIpc) is 2.83. The molecule has 5 nitrogen and oxygen atoms in total. The minimum Gasteiger partial charge on any atom is -0.376 e. The molecule has 0 saturated carbocycles. The van der Waals surface area contributed by atoms with Crippen molar-refractivity contribution in [1.29, 1.82) is 0 Å². The van der Waals surface area contributed by atoms with Crippen molar-refractivity contribution in [2.24, 2.45) is 5.73 Å². The van der Waals surface area contributed by atoms with Crippen molar-refractivity contribution < 1.29 is 0 Å². The lowest BCUT2D eigenvalue weighted by atomic mass is 10.1. The summed E-state index contributed by atoms with van der Waals surface area (Å²) >= 11 is 4.81. The van der Waals surface area contributed by atoms with Crippen LogP contribution in [0.3, 0.4) is 0 Å². The van der Waals surface area contributed by atoms with E-state index < -0.39 is 0 Å². The molecule has 0 saturated heterocycles. The molecule has 1 aromatic carbocycles. The number of nitrogens with two attached hydrogens (primary N) is 1. The quantitative estimate of drug-likeness (QED) is 0.818. The van der Waals surface area contributed by atoms with Gasteiger partial charge in [-0.15, -0.1) is 10.2 Å². The molecule has 2 aromatic rings. The van der Waals surface area contributed by atoms with Crippen LogP contribution >= 0.6 is 12.2 Å².